The smallest absolute Gasteiger partial charge is 0.191 e. The second-order valence-corrected chi connectivity index (χ2v) is 5.50. The van der Waals surface area contributed by atoms with Gasteiger partial charge in [0.05, 0.1) is 6.54 Å². The van der Waals surface area contributed by atoms with E-state index in [0.717, 1.165) is 4.47 Å². The van der Waals surface area contributed by atoms with Crippen LogP contribution in [-0.4, -0.2) is 23.9 Å². The number of rotatable bonds is 3. The molecule has 2 rings (SSSR count). The van der Waals surface area contributed by atoms with Gasteiger partial charge in [-0.1, -0.05) is 22.0 Å². The molecule has 1 aliphatic rings. The second kappa shape index (κ2) is 6.75. The summed E-state index contributed by atoms with van der Waals surface area (Å²) < 4.78 is 1.10. The molecule has 0 heterocycles. The first kappa shape index (κ1) is 15.8. The summed E-state index contributed by atoms with van der Waals surface area (Å²) in [4.78, 5) is 6.53. The van der Waals surface area contributed by atoms with E-state index >= 15 is 0 Å². The lowest BCUT2D eigenvalue weighted by molar-refractivity contribution is 0.487. The van der Waals surface area contributed by atoms with Crippen molar-refractivity contribution in [2.75, 3.05) is 7.05 Å². The molecule has 5 heteroatoms. The summed E-state index contributed by atoms with van der Waals surface area (Å²) in [7, 11) is 2.02. The standard InChI is InChI=1S/C13H18BrN3.HI/c1-9-7-11(14)4-3-10(9)8-16-13(15)17(2)12-5-6-12;/h3-4,7,12H,5-6,8H2,1-2H3,(H2,15,16);1H. The molecule has 1 saturated carbocycles. The molecule has 1 aromatic carbocycles. The van der Waals surface area contributed by atoms with Crippen LogP contribution < -0.4 is 5.73 Å². The van der Waals surface area contributed by atoms with Gasteiger partial charge in [0.2, 0.25) is 0 Å². The number of halogens is 2. The van der Waals surface area contributed by atoms with Gasteiger partial charge in [-0.3, -0.25) is 0 Å². The van der Waals surface area contributed by atoms with E-state index in [1.54, 1.807) is 0 Å². The molecule has 0 saturated heterocycles. The van der Waals surface area contributed by atoms with Crippen LogP contribution in [0.2, 0.25) is 0 Å². The van der Waals surface area contributed by atoms with Crippen LogP contribution in [0.15, 0.2) is 27.7 Å². The molecule has 0 bridgehead atoms. The van der Waals surface area contributed by atoms with Crippen LogP contribution in [0.1, 0.15) is 24.0 Å². The maximum atomic E-state index is 5.95. The number of guanidine groups is 1. The number of aryl methyl sites for hydroxylation is 1. The Labute approximate surface area is 134 Å². The maximum Gasteiger partial charge on any atom is 0.191 e. The first-order chi connectivity index (χ1) is 8.08. The molecule has 0 unspecified atom stereocenters. The average molecular weight is 424 g/mol. The van der Waals surface area contributed by atoms with Crippen molar-refractivity contribution in [1.82, 2.24) is 4.90 Å². The third-order valence-corrected chi connectivity index (χ3v) is 3.67. The van der Waals surface area contributed by atoms with Crippen LogP contribution in [0.25, 0.3) is 0 Å². The summed E-state index contributed by atoms with van der Waals surface area (Å²) in [5.41, 5.74) is 8.42. The van der Waals surface area contributed by atoms with E-state index in [9.17, 15) is 0 Å². The summed E-state index contributed by atoms with van der Waals surface area (Å²) in [6.45, 7) is 2.75. The van der Waals surface area contributed by atoms with Gasteiger partial charge in [-0.2, -0.15) is 0 Å². The number of aliphatic imine (C=N–C) groups is 1. The van der Waals surface area contributed by atoms with Crippen LogP contribution in [0.4, 0.5) is 0 Å². The molecule has 2 N–H and O–H groups in total. The zero-order valence-electron chi connectivity index (χ0n) is 10.7. The molecule has 0 aliphatic heterocycles. The fraction of sp³-hybridized carbons (Fsp3) is 0.462. The Hall–Kier alpha value is -0.300. The van der Waals surface area contributed by atoms with Crippen molar-refractivity contribution in [2.45, 2.75) is 32.4 Å². The molecule has 0 atom stereocenters. The third-order valence-electron chi connectivity index (χ3n) is 3.17. The highest BCUT2D eigenvalue weighted by Crippen LogP contribution is 2.25. The number of hydrogen-bond acceptors (Lipinski definition) is 1. The molecule has 1 aromatic rings. The number of nitrogens with two attached hydrogens (primary N) is 1. The Balaban J connectivity index is 0.00000162. The fourth-order valence-electron chi connectivity index (χ4n) is 1.76. The monoisotopic (exact) mass is 423 g/mol. The minimum absolute atomic E-state index is 0. The Morgan fingerprint density at radius 2 is 2.17 bits per heavy atom. The van der Waals surface area contributed by atoms with E-state index < -0.39 is 0 Å². The van der Waals surface area contributed by atoms with Crippen molar-refractivity contribution in [3.05, 3.63) is 33.8 Å². The minimum atomic E-state index is 0. The molecular formula is C13H19BrIN3. The normalized spacial score (nSPS) is 15.2. The second-order valence-electron chi connectivity index (χ2n) is 4.59. The lowest BCUT2D eigenvalue weighted by Crippen LogP contribution is -2.35. The number of hydrogen-bond donors (Lipinski definition) is 1. The first-order valence-electron chi connectivity index (χ1n) is 5.85. The topological polar surface area (TPSA) is 41.6 Å². The summed E-state index contributed by atoms with van der Waals surface area (Å²) in [6, 6.07) is 6.85. The average Bonchev–Trinajstić information content (AvgIpc) is 3.10. The summed E-state index contributed by atoms with van der Waals surface area (Å²) in [5.74, 6) is 0.648. The fourth-order valence-corrected chi connectivity index (χ4v) is 2.24. The van der Waals surface area contributed by atoms with Crippen LogP contribution >= 0.6 is 39.9 Å². The van der Waals surface area contributed by atoms with Gasteiger partial charge in [-0.25, -0.2) is 4.99 Å². The van der Waals surface area contributed by atoms with E-state index in [1.807, 2.05) is 13.1 Å². The van der Waals surface area contributed by atoms with Crippen molar-refractivity contribution in [3.8, 4) is 0 Å². The Morgan fingerprint density at radius 1 is 1.50 bits per heavy atom. The van der Waals surface area contributed by atoms with Gasteiger partial charge in [-0.05, 0) is 43.0 Å². The van der Waals surface area contributed by atoms with Gasteiger partial charge < -0.3 is 10.6 Å². The van der Waals surface area contributed by atoms with Crippen molar-refractivity contribution in [3.63, 3.8) is 0 Å². The highest BCUT2D eigenvalue weighted by Gasteiger charge is 2.27. The SMILES string of the molecule is Cc1cc(Br)ccc1CN=C(N)N(C)C1CC1.I. The zero-order valence-corrected chi connectivity index (χ0v) is 14.6. The summed E-state index contributed by atoms with van der Waals surface area (Å²) in [6.07, 6.45) is 2.48. The van der Waals surface area contributed by atoms with Gasteiger partial charge in [0.15, 0.2) is 5.96 Å². The Morgan fingerprint density at radius 3 is 2.72 bits per heavy atom. The highest BCUT2D eigenvalue weighted by atomic mass is 127. The van der Waals surface area contributed by atoms with Crippen molar-refractivity contribution in [1.29, 1.82) is 0 Å². The molecule has 1 fully saturated rings. The van der Waals surface area contributed by atoms with Crippen LogP contribution in [-0.2, 0) is 6.54 Å². The predicted octanol–water partition coefficient (Wildman–Crippen LogP) is 3.28. The van der Waals surface area contributed by atoms with Crippen molar-refractivity contribution >= 4 is 45.9 Å². The lowest BCUT2D eigenvalue weighted by Gasteiger charge is -2.17. The summed E-state index contributed by atoms with van der Waals surface area (Å²) >= 11 is 3.46. The highest BCUT2D eigenvalue weighted by molar-refractivity contribution is 14.0. The van der Waals surface area contributed by atoms with Crippen LogP contribution in [0.5, 0.6) is 0 Å². The van der Waals surface area contributed by atoms with Gasteiger partial charge >= 0.3 is 0 Å². The van der Waals surface area contributed by atoms with Gasteiger partial charge in [0, 0.05) is 17.6 Å². The molecule has 0 radical (unpaired) electrons. The number of benzene rings is 1. The molecule has 18 heavy (non-hydrogen) atoms. The molecule has 0 spiro atoms. The van der Waals surface area contributed by atoms with Crippen molar-refractivity contribution < 1.29 is 0 Å². The minimum Gasteiger partial charge on any atom is -0.370 e. The molecule has 0 amide bonds. The van der Waals surface area contributed by atoms with Gasteiger partial charge in [0.1, 0.15) is 0 Å². The zero-order chi connectivity index (χ0) is 12.4. The third kappa shape index (κ3) is 4.12. The predicted molar refractivity (Wildman–Crippen MR) is 90.4 cm³/mol. The van der Waals surface area contributed by atoms with E-state index in [-0.39, 0.29) is 24.0 Å². The Bertz CT molecular complexity index is 444. The quantitative estimate of drug-likeness (QED) is 0.460. The molecule has 0 aromatic heterocycles. The van der Waals surface area contributed by atoms with Gasteiger partial charge in [-0.15, -0.1) is 24.0 Å². The maximum absolute atomic E-state index is 5.95. The van der Waals surface area contributed by atoms with E-state index in [2.05, 4.69) is 44.9 Å². The molecule has 100 valence electrons. The Kier molecular flexibility index (Phi) is 5.91. The summed E-state index contributed by atoms with van der Waals surface area (Å²) in [5, 5.41) is 0. The molecule has 1 aliphatic carbocycles. The largest absolute Gasteiger partial charge is 0.370 e. The first-order valence-corrected chi connectivity index (χ1v) is 6.65. The molecule has 3 nitrogen and oxygen atoms in total. The lowest BCUT2D eigenvalue weighted by atomic mass is 10.1. The van der Waals surface area contributed by atoms with E-state index in [0.29, 0.717) is 18.5 Å². The van der Waals surface area contributed by atoms with E-state index in [4.69, 9.17) is 5.73 Å². The van der Waals surface area contributed by atoms with Crippen molar-refractivity contribution in [2.24, 2.45) is 10.7 Å². The van der Waals surface area contributed by atoms with Crippen LogP contribution in [0, 0.1) is 6.92 Å². The molecular weight excluding hydrogens is 405 g/mol. The van der Waals surface area contributed by atoms with E-state index in [1.165, 1.54) is 24.0 Å². The van der Waals surface area contributed by atoms with Gasteiger partial charge in [0.25, 0.3) is 0 Å². The number of nitrogens with zero attached hydrogens (tertiary/aromatic N) is 2. The van der Waals surface area contributed by atoms with Crippen LogP contribution in [0.3, 0.4) is 0 Å².